The van der Waals surface area contributed by atoms with E-state index >= 15 is 0 Å². The highest BCUT2D eigenvalue weighted by atomic mass is 32.2. The summed E-state index contributed by atoms with van der Waals surface area (Å²) in [6.45, 7) is 14.0. The molecule has 0 atom stereocenters. The second-order valence-corrected chi connectivity index (χ2v) is 8.25. The molecule has 1 aliphatic rings. The lowest BCUT2D eigenvalue weighted by Crippen LogP contribution is -2.22. The maximum atomic E-state index is 2.34. The topological polar surface area (TPSA) is 0 Å². The predicted octanol–water partition coefficient (Wildman–Crippen LogP) is 5.68. The summed E-state index contributed by atoms with van der Waals surface area (Å²) < 4.78 is 0. The first-order chi connectivity index (χ1) is 8.19. The van der Waals surface area contributed by atoms with Gasteiger partial charge in [-0.15, -0.1) is 0 Å². The van der Waals surface area contributed by atoms with Gasteiger partial charge in [0.1, 0.15) is 0 Å². The van der Waals surface area contributed by atoms with Crippen molar-refractivity contribution in [2.75, 3.05) is 0 Å². The minimum atomic E-state index is 0.237. The van der Waals surface area contributed by atoms with Gasteiger partial charge in [-0.05, 0) is 33.8 Å². The number of fused-ring (bicyclic) bond motifs is 1. The van der Waals surface area contributed by atoms with Crippen molar-refractivity contribution in [1.29, 1.82) is 0 Å². The Kier molecular flexibility index (Phi) is 3.40. The van der Waals surface area contributed by atoms with Crippen LogP contribution in [0.5, 0.6) is 0 Å². The Morgan fingerprint density at radius 2 is 1.50 bits per heavy atom. The van der Waals surface area contributed by atoms with E-state index in [0.717, 1.165) is 6.42 Å². The van der Waals surface area contributed by atoms with Crippen LogP contribution in [-0.2, 0) is 6.42 Å². The smallest absolute Gasteiger partial charge is 0.0154 e. The molecule has 1 heteroatoms. The number of benzene rings is 1. The minimum Gasteiger partial charge on any atom is -0.0937 e. The third-order valence-corrected chi connectivity index (χ3v) is 5.09. The Morgan fingerprint density at radius 1 is 0.889 bits per heavy atom. The molecule has 1 aromatic carbocycles. The van der Waals surface area contributed by atoms with Gasteiger partial charge < -0.3 is 0 Å². The Morgan fingerprint density at radius 3 is 2.06 bits per heavy atom. The zero-order valence-electron chi connectivity index (χ0n) is 12.4. The van der Waals surface area contributed by atoms with Crippen molar-refractivity contribution in [3.8, 4) is 0 Å². The van der Waals surface area contributed by atoms with Crippen LogP contribution in [0.25, 0.3) is 0 Å². The molecule has 98 valence electrons. The van der Waals surface area contributed by atoms with E-state index in [4.69, 9.17) is 0 Å². The highest BCUT2D eigenvalue weighted by Crippen LogP contribution is 2.50. The molecule has 0 saturated carbocycles. The summed E-state index contributed by atoms with van der Waals surface area (Å²) in [5.41, 5.74) is 3.59. The van der Waals surface area contributed by atoms with Gasteiger partial charge in [0.15, 0.2) is 0 Å². The lowest BCUT2D eigenvalue weighted by atomic mass is 9.78. The maximum absolute atomic E-state index is 2.34. The number of rotatable bonds is 0. The summed E-state index contributed by atoms with van der Waals surface area (Å²) >= 11 is 1.98. The molecule has 0 saturated heterocycles. The molecular weight excluding hydrogens is 236 g/mol. The van der Waals surface area contributed by atoms with Crippen molar-refractivity contribution in [3.63, 3.8) is 0 Å². The Labute approximate surface area is 116 Å². The van der Waals surface area contributed by atoms with Crippen molar-refractivity contribution in [1.82, 2.24) is 0 Å². The van der Waals surface area contributed by atoms with Gasteiger partial charge in [-0.25, -0.2) is 0 Å². The van der Waals surface area contributed by atoms with Crippen LogP contribution in [0, 0.1) is 10.8 Å². The van der Waals surface area contributed by atoms with Crippen LogP contribution in [0.1, 0.15) is 47.1 Å². The molecule has 0 nitrogen and oxygen atoms in total. The van der Waals surface area contributed by atoms with Gasteiger partial charge in [0.05, 0.1) is 0 Å². The molecule has 1 aromatic rings. The van der Waals surface area contributed by atoms with E-state index in [9.17, 15) is 0 Å². The largest absolute Gasteiger partial charge is 0.0937 e. The van der Waals surface area contributed by atoms with Gasteiger partial charge >= 0.3 is 0 Å². The molecule has 2 rings (SSSR count). The zero-order valence-corrected chi connectivity index (χ0v) is 13.2. The van der Waals surface area contributed by atoms with Crippen molar-refractivity contribution < 1.29 is 0 Å². The van der Waals surface area contributed by atoms with Gasteiger partial charge in [-0.2, -0.15) is 0 Å². The van der Waals surface area contributed by atoms with Gasteiger partial charge in [-0.3, -0.25) is 0 Å². The summed E-state index contributed by atoms with van der Waals surface area (Å²) in [6.07, 6.45) is 1.11. The average molecular weight is 260 g/mol. The second kappa shape index (κ2) is 4.45. The van der Waals surface area contributed by atoms with E-state index < -0.39 is 0 Å². The van der Waals surface area contributed by atoms with Crippen molar-refractivity contribution in [2.24, 2.45) is 10.8 Å². The molecule has 0 unspecified atom stereocenters. The van der Waals surface area contributed by atoms with Crippen molar-refractivity contribution in [3.05, 3.63) is 40.3 Å². The third kappa shape index (κ3) is 2.66. The van der Waals surface area contributed by atoms with E-state index in [-0.39, 0.29) is 10.8 Å². The van der Waals surface area contributed by atoms with Crippen molar-refractivity contribution in [2.45, 2.75) is 52.9 Å². The van der Waals surface area contributed by atoms with E-state index in [1.54, 1.807) is 10.5 Å². The zero-order chi connectivity index (χ0) is 13.6. The standard InChI is InChI=1S/C17H24S/c1-16(2,3)13-11-12-9-7-8-10-14(12)18-15(13)17(4,5)6/h7-10H,11H2,1-6H3. The lowest BCUT2D eigenvalue weighted by Gasteiger charge is -2.36. The normalized spacial score (nSPS) is 16.8. The summed E-state index contributed by atoms with van der Waals surface area (Å²) in [5.74, 6) is 0. The maximum Gasteiger partial charge on any atom is 0.0154 e. The predicted molar refractivity (Wildman–Crippen MR) is 81.9 cm³/mol. The molecule has 0 N–H and O–H groups in total. The molecule has 0 fully saturated rings. The van der Waals surface area contributed by atoms with Crippen LogP contribution in [0.15, 0.2) is 39.6 Å². The molecule has 1 heterocycles. The molecule has 0 radical (unpaired) electrons. The quantitative estimate of drug-likeness (QED) is 0.578. The monoisotopic (exact) mass is 260 g/mol. The van der Waals surface area contributed by atoms with Crippen LogP contribution in [0.3, 0.4) is 0 Å². The average Bonchev–Trinajstić information content (AvgIpc) is 2.25. The molecule has 0 bridgehead atoms. The fourth-order valence-electron chi connectivity index (χ4n) is 2.40. The molecular formula is C17H24S. The molecule has 18 heavy (non-hydrogen) atoms. The summed E-state index contributed by atoms with van der Waals surface area (Å²) in [5, 5.41) is 0. The lowest BCUT2D eigenvalue weighted by molar-refractivity contribution is 0.452. The van der Waals surface area contributed by atoms with E-state index in [2.05, 4.69) is 65.8 Å². The summed E-state index contributed by atoms with van der Waals surface area (Å²) in [7, 11) is 0. The molecule has 0 aliphatic carbocycles. The second-order valence-electron chi connectivity index (χ2n) is 7.19. The van der Waals surface area contributed by atoms with Gasteiger partial charge in [0.2, 0.25) is 0 Å². The van der Waals surface area contributed by atoms with Gasteiger partial charge in [-0.1, -0.05) is 77.1 Å². The summed E-state index contributed by atoms with van der Waals surface area (Å²) in [6, 6.07) is 8.83. The van der Waals surface area contributed by atoms with Crippen molar-refractivity contribution >= 4 is 11.8 Å². The van der Waals surface area contributed by atoms with Crippen LogP contribution >= 0.6 is 11.8 Å². The Bertz CT molecular complexity index is 436. The van der Waals surface area contributed by atoms with Gasteiger partial charge in [0.25, 0.3) is 0 Å². The SMILES string of the molecule is CC(C)(C)C1=C(C(C)(C)C)Sc2ccccc2C1. The first kappa shape index (κ1) is 13.7. The third-order valence-electron chi connectivity index (χ3n) is 3.41. The van der Waals surface area contributed by atoms with E-state index in [1.165, 1.54) is 10.5 Å². The first-order valence-corrected chi connectivity index (χ1v) is 7.51. The highest BCUT2D eigenvalue weighted by molar-refractivity contribution is 8.03. The van der Waals surface area contributed by atoms with Crippen LogP contribution in [0.4, 0.5) is 0 Å². The minimum absolute atomic E-state index is 0.237. The number of allylic oxidation sites excluding steroid dienone is 2. The summed E-state index contributed by atoms with van der Waals surface area (Å²) in [4.78, 5) is 3.00. The molecule has 0 amide bonds. The number of hydrogen-bond donors (Lipinski definition) is 0. The van der Waals surface area contributed by atoms with Crippen LogP contribution in [-0.4, -0.2) is 0 Å². The molecule has 0 spiro atoms. The van der Waals surface area contributed by atoms with E-state index in [0.29, 0.717) is 0 Å². The fourth-order valence-corrected chi connectivity index (χ4v) is 3.85. The van der Waals surface area contributed by atoms with Crippen LogP contribution in [0.2, 0.25) is 0 Å². The molecule has 1 aliphatic heterocycles. The molecule has 0 aromatic heterocycles. The fraction of sp³-hybridized carbons (Fsp3) is 0.529. The Hall–Kier alpha value is -0.690. The first-order valence-electron chi connectivity index (χ1n) is 6.69. The highest BCUT2D eigenvalue weighted by Gasteiger charge is 2.32. The van der Waals surface area contributed by atoms with Crippen LogP contribution < -0.4 is 0 Å². The van der Waals surface area contributed by atoms with Gasteiger partial charge in [0, 0.05) is 4.90 Å². The Balaban J connectivity index is 2.53. The number of thioether (sulfide) groups is 1. The van der Waals surface area contributed by atoms with E-state index in [1.807, 2.05) is 11.8 Å². The number of hydrogen-bond acceptors (Lipinski definition) is 1.